The molecule has 0 amide bonds. The van der Waals surface area contributed by atoms with Crippen LogP contribution in [0, 0.1) is 5.41 Å². The Hall–Kier alpha value is -8.35. The molecule has 8 aromatic carbocycles. The quantitative estimate of drug-likeness (QED) is 0.134. The lowest BCUT2D eigenvalue weighted by molar-refractivity contribution is 1.17. The normalized spacial score (nSPS) is 12.2. The minimum atomic E-state index is 0.133. The summed E-state index contributed by atoms with van der Waals surface area (Å²) < 4.78 is 7.26. The van der Waals surface area contributed by atoms with Gasteiger partial charge in [0.2, 0.25) is 0 Å². The van der Waals surface area contributed by atoms with Crippen molar-refractivity contribution in [2.45, 2.75) is 0 Å². The second-order valence-corrected chi connectivity index (χ2v) is 15.5. The van der Waals surface area contributed by atoms with Crippen molar-refractivity contribution >= 4 is 83.8 Å². The highest BCUT2D eigenvalue weighted by molar-refractivity contribution is 6.21. The van der Waals surface area contributed by atoms with Crippen molar-refractivity contribution in [3.05, 3.63) is 211 Å². The van der Waals surface area contributed by atoms with E-state index < -0.39 is 0 Å². The number of benzene rings is 8. The molecule has 0 saturated carbocycles. The van der Waals surface area contributed by atoms with Crippen LogP contribution in [-0.2, 0) is 0 Å². The molecule has 0 atom stereocenters. The van der Waals surface area contributed by atoms with E-state index in [9.17, 15) is 0 Å². The average molecular weight is 781 g/mol. The van der Waals surface area contributed by atoms with Crippen LogP contribution in [0.2, 0.25) is 0 Å². The van der Waals surface area contributed by atoms with Crippen LogP contribution in [0.3, 0.4) is 0 Å². The Balaban J connectivity index is 1.24. The van der Waals surface area contributed by atoms with Gasteiger partial charge in [0.15, 0.2) is 11.7 Å². The highest BCUT2D eigenvalue weighted by Gasteiger charge is 2.24. The van der Waals surface area contributed by atoms with Gasteiger partial charge in [-0.3, -0.25) is 5.41 Å². The summed E-state index contributed by atoms with van der Waals surface area (Å²) in [5.41, 5.74) is 13.8. The van der Waals surface area contributed by atoms with Crippen LogP contribution >= 0.6 is 0 Å². The van der Waals surface area contributed by atoms with E-state index in [4.69, 9.17) is 5.41 Å². The number of fused-ring (bicyclic) bond motifs is 7. The lowest BCUT2D eigenvalue weighted by atomic mass is 9.97. The Labute approximate surface area is 350 Å². The second-order valence-electron chi connectivity index (χ2n) is 15.5. The summed E-state index contributed by atoms with van der Waals surface area (Å²) >= 11 is 0. The second kappa shape index (κ2) is 13.6. The summed E-state index contributed by atoms with van der Waals surface area (Å²) in [4.78, 5) is 8.97. The summed E-state index contributed by atoms with van der Waals surface area (Å²) in [5, 5.41) is 15.8. The molecule has 12 aromatic rings. The van der Waals surface area contributed by atoms with Crippen LogP contribution in [0.5, 0.6) is 0 Å². The lowest BCUT2D eigenvalue weighted by Gasteiger charge is -2.14. The first-order chi connectivity index (χ1) is 30.2. The largest absolute Gasteiger partial charge is 0.314 e. The maximum atomic E-state index is 8.75. The Morgan fingerprint density at radius 1 is 0.475 bits per heavy atom. The minimum absolute atomic E-state index is 0.133. The molecule has 4 aromatic heterocycles. The van der Waals surface area contributed by atoms with E-state index in [1.165, 1.54) is 43.7 Å². The number of hydrogen-bond acceptors (Lipinski definition) is 1. The molecule has 0 aliphatic carbocycles. The van der Waals surface area contributed by atoms with E-state index in [1.54, 1.807) is 0 Å². The van der Waals surface area contributed by atoms with Crippen molar-refractivity contribution in [3.63, 3.8) is 0 Å². The van der Waals surface area contributed by atoms with Crippen molar-refractivity contribution < 1.29 is 0 Å². The molecule has 0 saturated heterocycles. The molecule has 0 aliphatic heterocycles. The van der Waals surface area contributed by atoms with E-state index in [1.807, 2.05) is 42.5 Å². The van der Waals surface area contributed by atoms with Crippen LogP contribution in [-0.4, -0.2) is 31.8 Å². The van der Waals surface area contributed by atoms with Gasteiger partial charge in [0, 0.05) is 60.9 Å². The zero-order valence-corrected chi connectivity index (χ0v) is 33.0. The molecule has 286 valence electrons. The Bertz CT molecular complexity index is 3780. The topological polar surface area (TPSA) is 62.3 Å². The molecule has 0 fully saturated rings. The van der Waals surface area contributed by atoms with Crippen LogP contribution in [0.1, 0.15) is 11.1 Å². The molecule has 4 heterocycles. The van der Waals surface area contributed by atoms with Gasteiger partial charge in [0.05, 0.1) is 38.8 Å². The number of amidine groups is 2. The van der Waals surface area contributed by atoms with Crippen molar-refractivity contribution in [1.82, 2.24) is 13.4 Å². The first-order valence-electron chi connectivity index (χ1n) is 20.4. The molecule has 6 nitrogen and oxygen atoms in total. The number of nitrogens with zero attached hydrogens (tertiary/aromatic N) is 5. The lowest BCUT2D eigenvalue weighted by Crippen LogP contribution is -2.05. The van der Waals surface area contributed by atoms with E-state index in [2.05, 4.69) is 188 Å². The summed E-state index contributed by atoms with van der Waals surface area (Å²) in [6, 6.07) is 68.5. The predicted octanol–water partition coefficient (Wildman–Crippen LogP) is 13.6. The molecular formula is C55H36N6. The predicted molar refractivity (Wildman–Crippen MR) is 255 cm³/mol. The third-order valence-corrected chi connectivity index (χ3v) is 12.1. The maximum Gasteiger partial charge on any atom is 0.161 e. The van der Waals surface area contributed by atoms with Crippen LogP contribution in [0.25, 0.3) is 93.5 Å². The monoisotopic (exact) mass is 780 g/mol. The zero-order valence-electron chi connectivity index (χ0n) is 33.0. The minimum Gasteiger partial charge on any atom is -0.314 e. The number of rotatable bonds is 5. The zero-order chi connectivity index (χ0) is 40.6. The number of hydrogen-bond donors (Lipinski definition) is 1. The summed E-state index contributed by atoms with van der Waals surface area (Å²) in [7, 11) is 0. The first kappa shape index (κ1) is 34.7. The third-order valence-electron chi connectivity index (χ3n) is 12.1. The number of aliphatic imine (C=N–C) groups is 2. The fraction of sp³-hybridized carbons (Fsp3) is 0. The average Bonchev–Trinajstić information content (AvgIpc) is 4.01. The number of para-hydroxylation sites is 3. The van der Waals surface area contributed by atoms with Gasteiger partial charge in [-0.1, -0.05) is 158 Å². The van der Waals surface area contributed by atoms with Gasteiger partial charge in [-0.25, -0.2) is 9.98 Å². The van der Waals surface area contributed by atoms with Crippen molar-refractivity contribution in [2.24, 2.45) is 9.98 Å². The number of nitrogens with one attached hydrogen (secondary N) is 1. The van der Waals surface area contributed by atoms with Gasteiger partial charge < -0.3 is 13.4 Å². The number of aromatic nitrogens is 3. The van der Waals surface area contributed by atoms with Crippen molar-refractivity contribution in [1.29, 1.82) is 5.41 Å². The molecule has 0 aliphatic rings. The molecule has 0 unspecified atom stereocenters. The van der Waals surface area contributed by atoms with Gasteiger partial charge in [-0.2, -0.15) is 0 Å². The molecule has 0 spiro atoms. The molecule has 0 radical (unpaired) electrons. The Kier molecular flexibility index (Phi) is 7.74. The van der Waals surface area contributed by atoms with Crippen molar-refractivity contribution in [2.75, 3.05) is 0 Å². The van der Waals surface area contributed by atoms with E-state index >= 15 is 0 Å². The van der Waals surface area contributed by atoms with Gasteiger partial charge in [0.1, 0.15) is 0 Å². The highest BCUT2D eigenvalue weighted by Crippen LogP contribution is 2.46. The van der Waals surface area contributed by atoms with Gasteiger partial charge in [-0.05, 0) is 54.2 Å². The Morgan fingerprint density at radius 3 is 1.90 bits per heavy atom. The summed E-state index contributed by atoms with van der Waals surface area (Å²) in [6.07, 6.45) is 2.22. The van der Waals surface area contributed by atoms with Gasteiger partial charge in [-0.15, -0.1) is 0 Å². The molecule has 6 heteroatoms. The Morgan fingerprint density at radius 2 is 1.11 bits per heavy atom. The van der Waals surface area contributed by atoms with Crippen LogP contribution in [0.4, 0.5) is 0 Å². The highest BCUT2D eigenvalue weighted by atomic mass is 15.0. The first-order valence-corrected chi connectivity index (χ1v) is 20.4. The third kappa shape index (κ3) is 5.26. The molecule has 1 N–H and O–H groups in total. The van der Waals surface area contributed by atoms with Crippen LogP contribution < -0.4 is 0 Å². The van der Waals surface area contributed by atoms with E-state index in [-0.39, 0.29) is 5.84 Å². The summed E-state index contributed by atoms with van der Waals surface area (Å²) in [5.74, 6) is 0.527. The maximum absolute atomic E-state index is 8.75. The van der Waals surface area contributed by atoms with Crippen molar-refractivity contribution in [3.8, 4) is 28.1 Å². The summed E-state index contributed by atoms with van der Waals surface area (Å²) in [6.45, 7) is 3.87. The standard InChI is InChI=1S/C55H36N6/c1-57-55(58-54(56)38-20-9-4-10-21-38)39-23-13-24-40(32-39)60-46-29-12-11-25-41(46)45-33-49-48(34-47(45)60)59-31-30-37-22-14-26-42(51(37)59)43-27-15-28-44-50(35-16-5-2-6-17-35)52(61(49)53(43)44)36-18-7-3-8-19-36/h2-34,56H,1H2. The van der Waals surface area contributed by atoms with Crippen LogP contribution in [0.15, 0.2) is 210 Å². The van der Waals surface area contributed by atoms with E-state index in [0.29, 0.717) is 11.4 Å². The molecular weight excluding hydrogens is 745 g/mol. The fourth-order valence-corrected chi connectivity index (χ4v) is 9.56. The van der Waals surface area contributed by atoms with Gasteiger partial charge >= 0.3 is 0 Å². The molecule has 12 rings (SSSR count). The molecule has 0 bridgehead atoms. The smallest absolute Gasteiger partial charge is 0.161 e. The van der Waals surface area contributed by atoms with E-state index in [0.717, 1.165) is 55.3 Å². The SMILES string of the molecule is C=NC(=NC(=N)c1ccccc1)c1cccc(-n2c3ccccc3c3cc4c(cc32)n2ccc3cccc(c5cccc6c(-c7ccccc7)c(-c7ccccc7)n4c65)c32)c1. The van der Waals surface area contributed by atoms with Gasteiger partial charge in [0.25, 0.3) is 0 Å². The fourth-order valence-electron chi connectivity index (χ4n) is 9.56. The molecule has 61 heavy (non-hydrogen) atoms.